The van der Waals surface area contributed by atoms with E-state index in [1.54, 1.807) is 18.2 Å². The molecule has 0 saturated carbocycles. The molecular weight excluding hydrogens is 184 g/mol. The molecule has 0 saturated heterocycles. The van der Waals surface area contributed by atoms with Crippen LogP contribution >= 0.6 is 0 Å². The first-order valence-corrected chi connectivity index (χ1v) is 4.15. The van der Waals surface area contributed by atoms with Crippen molar-refractivity contribution in [3.05, 3.63) is 34.9 Å². The van der Waals surface area contributed by atoms with Gasteiger partial charge in [0.15, 0.2) is 0 Å². The van der Waals surface area contributed by atoms with Gasteiger partial charge in [-0.3, -0.25) is 0 Å². The summed E-state index contributed by atoms with van der Waals surface area (Å²) in [6, 6.07) is 4.84. The average molecular weight is 196 g/mol. The molecule has 1 aromatic rings. The second-order valence-electron chi connectivity index (χ2n) is 2.75. The van der Waals surface area contributed by atoms with E-state index in [0.717, 1.165) is 0 Å². The number of rotatable bonds is 3. The van der Waals surface area contributed by atoms with Crippen LogP contribution in [0.5, 0.6) is 0 Å². The third kappa shape index (κ3) is 1.92. The number of methoxy groups -OCH3 is 1. The minimum absolute atomic E-state index is 0.208. The SMILES string of the molecule is COC(=O)c1cccc(CO)c1CO. The highest BCUT2D eigenvalue weighted by Gasteiger charge is 2.13. The van der Waals surface area contributed by atoms with Crippen LogP contribution in [0.25, 0.3) is 0 Å². The van der Waals surface area contributed by atoms with Crippen molar-refractivity contribution in [2.45, 2.75) is 13.2 Å². The van der Waals surface area contributed by atoms with Crippen LogP contribution in [0.3, 0.4) is 0 Å². The van der Waals surface area contributed by atoms with E-state index < -0.39 is 5.97 Å². The maximum atomic E-state index is 11.2. The van der Waals surface area contributed by atoms with Gasteiger partial charge in [0.25, 0.3) is 0 Å². The first kappa shape index (κ1) is 10.7. The highest BCUT2D eigenvalue weighted by atomic mass is 16.5. The fourth-order valence-electron chi connectivity index (χ4n) is 1.27. The molecule has 0 bridgehead atoms. The van der Waals surface area contributed by atoms with Gasteiger partial charge in [0.05, 0.1) is 25.9 Å². The monoisotopic (exact) mass is 196 g/mol. The minimum atomic E-state index is -0.510. The topological polar surface area (TPSA) is 66.8 Å². The fourth-order valence-corrected chi connectivity index (χ4v) is 1.27. The van der Waals surface area contributed by atoms with Gasteiger partial charge in [-0.1, -0.05) is 12.1 Å². The molecule has 1 aromatic carbocycles. The molecule has 0 aliphatic carbocycles. The van der Waals surface area contributed by atoms with Crippen molar-refractivity contribution >= 4 is 5.97 Å². The van der Waals surface area contributed by atoms with Crippen LogP contribution in [0.4, 0.5) is 0 Å². The number of carbonyl (C=O) groups is 1. The summed E-state index contributed by atoms with van der Waals surface area (Å²) in [5.74, 6) is -0.510. The Morgan fingerprint density at radius 3 is 2.57 bits per heavy atom. The normalized spacial score (nSPS) is 9.93. The molecule has 4 nitrogen and oxygen atoms in total. The van der Waals surface area contributed by atoms with Gasteiger partial charge < -0.3 is 14.9 Å². The van der Waals surface area contributed by atoms with Crippen molar-refractivity contribution in [1.82, 2.24) is 0 Å². The number of esters is 1. The van der Waals surface area contributed by atoms with Crippen LogP contribution in [0.2, 0.25) is 0 Å². The molecule has 0 amide bonds. The lowest BCUT2D eigenvalue weighted by Crippen LogP contribution is -2.08. The molecule has 0 aliphatic heterocycles. The summed E-state index contributed by atoms with van der Waals surface area (Å²) in [6.07, 6.45) is 0. The van der Waals surface area contributed by atoms with Gasteiger partial charge in [-0.05, 0) is 17.2 Å². The van der Waals surface area contributed by atoms with Crippen molar-refractivity contribution < 1.29 is 19.7 Å². The minimum Gasteiger partial charge on any atom is -0.465 e. The van der Waals surface area contributed by atoms with Crippen LogP contribution in [-0.2, 0) is 18.0 Å². The highest BCUT2D eigenvalue weighted by Crippen LogP contribution is 2.16. The van der Waals surface area contributed by atoms with Gasteiger partial charge in [0, 0.05) is 0 Å². The standard InChI is InChI=1S/C10H12O4/c1-14-10(13)8-4-2-3-7(5-11)9(8)6-12/h2-4,11-12H,5-6H2,1H3. The molecule has 0 spiro atoms. The first-order chi connectivity index (χ1) is 6.74. The van der Waals surface area contributed by atoms with Gasteiger partial charge in [0.1, 0.15) is 0 Å². The van der Waals surface area contributed by atoms with E-state index in [1.165, 1.54) is 7.11 Å². The molecule has 2 N–H and O–H groups in total. The predicted molar refractivity (Wildman–Crippen MR) is 49.6 cm³/mol. The summed E-state index contributed by atoms with van der Waals surface area (Å²) in [5, 5.41) is 18.0. The Balaban J connectivity index is 3.21. The summed E-state index contributed by atoms with van der Waals surface area (Å²) in [5.41, 5.74) is 1.25. The Labute approximate surface area is 81.8 Å². The smallest absolute Gasteiger partial charge is 0.338 e. The van der Waals surface area contributed by atoms with Crippen LogP contribution in [0.15, 0.2) is 18.2 Å². The van der Waals surface area contributed by atoms with Gasteiger partial charge in [0.2, 0.25) is 0 Å². The van der Waals surface area contributed by atoms with E-state index in [9.17, 15) is 4.79 Å². The lowest BCUT2D eigenvalue weighted by molar-refractivity contribution is 0.0597. The van der Waals surface area contributed by atoms with E-state index in [2.05, 4.69) is 4.74 Å². The van der Waals surface area contributed by atoms with Gasteiger partial charge in [-0.2, -0.15) is 0 Å². The zero-order chi connectivity index (χ0) is 10.6. The number of hydrogen-bond acceptors (Lipinski definition) is 4. The highest BCUT2D eigenvalue weighted by molar-refractivity contribution is 5.91. The van der Waals surface area contributed by atoms with Crippen molar-refractivity contribution in [3.63, 3.8) is 0 Å². The van der Waals surface area contributed by atoms with Crippen LogP contribution in [-0.4, -0.2) is 23.3 Å². The third-order valence-electron chi connectivity index (χ3n) is 2.01. The summed E-state index contributed by atoms with van der Waals surface area (Å²) >= 11 is 0. The Morgan fingerprint density at radius 1 is 1.36 bits per heavy atom. The van der Waals surface area contributed by atoms with Crippen LogP contribution < -0.4 is 0 Å². The van der Waals surface area contributed by atoms with Gasteiger partial charge >= 0.3 is 5.97 Å². The fraction of sp³-hybridized carbons (Fsp3) is 0.300. The largest absolute Gasteiger partial charge is 0.465 e. The first-order valence-electron chi connectivity index (χ1n) is 4.15. The van der Waals surface area contributed by atoms with Crippen LogP contribution in [0, 0.1) is 0 Å². The number of carbonyl (C=O) groups excluding carboxylic acids is 1. The zero-order valence-electron chi connectivity index (χ0n) is 7.86. The molecule has 14 heavy (non-hydrogen) atoms. The third-order valence-corrected chi connectivity index (χ3v) is 2.01. The van der Waals surface area contributed by atoms with Crippen molar-refractivity contribution in [2.24, 2.45) is 0 Å². The molecule has 0 aliphatic rings. The molecule has 0 fully saturated rings. The number of aliphatic hydroxyl groups is 2. The molecule has 0 radical (unpaired) electrons. The second-order valence-corrected chi connectivity index (χ2v) is 2.75. The maximum Gasteiger partial charge on any atom is 0.338 e. The summed E-state index contributed by atoms with van der Waals surface area (Å²) in [4.78, 5) is 11.2. The Bertz CT molecular complexity index is 333. The molecule has 4 heteroatoms. The maximum absolute atomic E-state index is 11.2. The van der Waals surface area contributed by atoms with Crippen molar-refractivity contribution in [3.8, 4) is 0 Å². The van der Waals surface area contributed by atoms with E-state index >= 15 is 0 Å². The van der Waals surface area contributed by atoms with Crippen molar-refractivity contribution in [1.29, 1.82) is 0 Å². The summed E-state index contributed by atoms with van der Waals surface area (Å²) in [6.45, 7) is -0.498. The summed E-state index contributed by atoms with van der Waals surface area (Å²) in [7, 11) is 1.27. The lowest BCUT2D eigenvalue weighted by Gasteiger charge is -2.09. The molecular formula is C10H12O4. The molecule has 0 atom stereocenters. The Kier molecular flexibility index (Phi) is 3.62. The molecule has 1 rings (SSSR count). The molecule has 76 valence electrons. The van der Waals surface area contributed by atoms with Gasteiger partial charge in [-0.15, -0.1) is 0 Å². The molecule has 0 heterocycles. The predicted octanol–water partition coefficient (Wildman–Crippen LogP) is 0.458. The van der Waals surface area contributed by atoms with Gasteiger partial charge in [-0.25, -0.2) is 4.79 Å². The molecule has 0 aromatic heterocycles. The average Bonchev–Trinajstić information content (AvgIpc) is 2.26. The number of benzene rings is 1. The summed E-state index contributed by atoms with van der Waals surface area (Å²) < 4.78 is 4.55. The second kappa shape index (κ2) is 4.74. The number of aliphatic hydroxyl groups excluding tert-OH is 2. The zero-order valence-corrected chi connectivity index (χ0v) is 7.86. The van der Waals surface area contributed by atoms with E-state index in [0.29, 0.717) is 16.7 Å². The van der Waals surface area contributed by atoms with Crippen LogP contribution in [0.1, 0.15) is 21.5 Å². The Hall–Kier alpha value is -1.39. The quantitative estimate of drug-likeness (QED) is 0.689. The molecule has 0 unspecified atom stereocenters. The van der Waals surface area contributed by atoms with Crippen molar-refractivity contribution in [2.75, 3.05) is 7.11 Å². The Morgan fingerprint density at radius 2 is 2.07 bits per heavy atom. The number of hydrogen-bond donors (Lipinski definition) is 2. The number of ether oxygens (including phenoxy) is 1. The van der Waals surface area contributed by atoms with E-state index in [4.69, 9.17) is 10.2 Å². The van der Waals surface area contributed by atoms with E-state index in [1.807, 2.05) is 0 Å². The van der Waals surface area contributed by atoms with E-state index in [-0.39, 0.29) is 13.2 Å². The lowest BCUT2D eigenvalue weighted by atomic mass is 10.0.